The van der Waals surface area contributed by atoms with Crippen LogP contribution < -0.4 is 0 Å². The summed E-state index contributed by atoms with van der Waals surface area (Å²) >= 11 is 7.39. The summed E-state index contributed by atoms with van der Waals surface area (Å²) in [6.45, 7) is 2.25. The molecule has 0 aromatic carbocycles. The van der Waals surface area contributed by atoms with Crippen molar-refractivity contribution in [3.05, 3.63) is 21.3 Å². The molecule has 0 amide bonds. The van der Waals surface area contributed by atoms with Crippen molar-refractivity contribution in [3.63, 3.8) is 0 Å². The second-order valence-corrected chi connectivity index (χ2v) is 6.62. The molecule has 0 saturated heterocycles. The third kappa shape index (κ3) is 3.08. The Labute approximate surface area is 106 Å². The molecule has 1 aromatic rings. The van der Waals surface area contributed by atoms with Crippen LogP contribution in [0.4, 0.5) is 0 Å². The van der Waals surface area contributed by atoms with Crippen LogP contribution in [-0.2, 0) is 11.2 Å². The van der Waals surface area contributed by atoms with Gasteiger partial charge in [-0.2, -0.15) is 0 Å². The van der Waals surface area contributed by atoms with E-state index in [4.69, 9.17) is 11.6 Å². The Bertz CT molecular complexity index is 372. The predicted octanol–water partition coefficient (Wildman–Crippen LogP) is 4.34. The Kier molecular flexibility index (Phi) is 4.04. The van der Waals surface area contributed by atoms with Crippen LogP contribution in [-0.4, -0.2) is 5.78 Å². The van der Waals surface area contributed by atoms with Crippen molar-refractivity contribution in [2.75, 3.05) is 0 Å². The molecule has 0 radical (unpaired) electrons. The number of carbonyl (C=O) groups excluding carboxylic acids is 1. The van der Waals surface area contributed by atoms with Crippen molar-refractivity contribution < 1.29 is 4.79 Å². The SMILES string of the molecule is CC1CCCC(C(=O)Cc2ccc(Cl)s2)C1. The van der Waals surface area contributed by atoms with Crippen molar-refractivity contribution in [2.24, 2.45) is 11.8 Å². The Balaban J connectivity index is 1.92. The zero-order valence-electron chi connectivity index (χ0n) is 9.54. The zero-order valence-corrected chi connectivity index (χ0v) is 11.1. The van der Waals surface area contributed by atoms with Gasteiger partial charge in [0.25, 0.3) is 0 Å². The number of halogens is 1. The van der Waals surface area contributed by atoms with E-state index in [0.29, 0.717) is 18.1 Å². The van der Waals surface area contributed by atoms with E-state index in [-0.39, 0.29) is 0 Å². The molecular weight excluding hydrogens is 240 g/mol. The van der Waals surface area contributed by atoms with E-state index >= 15 is 0 Å². The van der Waals surface area contributed by atoms with Gasteiger partial charge >= 0.3 is 0 Å². The zero-order chi connectivity index (χ0) is 11.5. The number of carbonyl (C=O) groups is 1. The van der Waals surface area contributed by atoms with E-state index in [1.165, 1.54) is 24.2 Å². The second kappa shape index (κ2) is 5.33. The maximum Gasteiger partial charge on any atom is 0.141 e. The molecule has 2 rings (SSSR count). The van der Waals surface area contributed by atoms with Gasteiger partial charge < -0.3 is 0 Å². The molecule has 1 fully saturated rings. The van der Waals surface area contributed by atoms with Crippen LogP contribution >= 0.6 is 22.9 Å². The first-order valence-corrected chi connectivity index (χ1v) is 7.11. The number of ketones is 1. The number of hydrogen-bond acceptors (Lipinski definition) is 2. The van der Waals surface area contributed by atoms with Crippen molar-refractivity contribution in [1.82, 2.24) is 0 Å². The summed E-state index contributed by atoms with van der Waals surface area (Å²) in [6.07, 6.45) is 5.24. The first-order chi connectivity index (χ1) is 7.65. The summed E-state index contributed by atoms with van der Waals surface area (Å²) in [4.78, 5) is 13.2. The number of Topliss-reactive ketones (excluding diaryl/α,β-unsaturated/α-hetero) is 1. The summed E-state index contributed by atoms with van der Waals surface area (Å²) in [5, 5.41) is 0. The van der Waals surface area contributed by atoms with Crippen LogP contribution in [0.2, 0.25) is 4.34 Å². The molecular formula is C13H17ClOS. The van der Waals surface area contributed by atoms with Gasteiger partial charge in [0.2, 0.25) is 0 Å². The lowest BCUT2D eigenvalue weighted by Gasteiger charge is -2.25. The highest BCUT2D eigenvalue weighted by Crippen LogP contribution is 2.31. The predicted molar refractivity (Wildman–Crippen MR) is 69.2 cm³/mol. The molecule has 0 aliphatic heterocycles. The summed E-state index contributed by atoms with van der Waals surface area (Å²) in [5.41, 5.74) is 0. The minimum Gasteiger partial charge on any atom is -0.299 e. The summed E-state index contributed by atoms with van der Waals surface area (Å²) in [6, 6.07) is 3.84. The van der Waals surface area contributed by atoms with Gasteiger partial charge in [0.15, 0.2) is 0 Å². The van der Waals surface area contributed by atoms with Crippen molar-refractivity contribution >= 4 is 28.7 Å². The first kappa shape index (κ1) is 12.1. The maximum atomic E-state index is 12.1. The molecule has 3 heteroatoms. The fourth-order valence-corrected chi connectivity index (χ4v) is 3.59. The number of hydrogen-bond donors (Lipinski definition) is 0. The Morgan fingerprint density at radius 3 is 2.94 bits per heavy atom. The molecule has 16 heavy (non-hydrogen) atoms. The van der Waals surface area contributed by atoms with E-state index in [1.54, 1.807) is 0 Å². The second-order valence-electron chi connectivity index (χ2n) is 4.82. The summed E-state index contributed by atoms with van der Waals surface area (Å²) in [5.74, 6) is 1.42. The lowest BCUT2D eigenvalue weighted by molar-refractivity contribution is -0.123. The molecule has 0 spiro atoms. The fraction of sp³-hybridized carbons (Fsp3) is 0.615. The van der Waals surface area contributed by atoms with Gasteiger partial charge in [0.05, 0.1) is 4.34 Å². The topological polar surface area (TPSA) is 17.1 Å². The van der Waals surface area contributed by atoms with Gasteiger partial charge in [-0.25, -0.2) is 0 Å². The van der Waals surface area contributed by atoms with Crippen LogP contribution in [0.3, 0.4) is 0 Å². The van der Waals surface area contributed by atoms with E-state index in [0.717, 1.165) is 28.0 Å². The van der Waals surface area contributed by atoms with Crippen molar-refractivity contribution in [2.45, 2.75) is 39.0 Å². The van der Waals surface area contributed by atoms with Crippen LogP contribution in [0.5, 0.6) is 0 Å². The van der Waals surface area contributed by atoms with E-state index in [9.17, 15) is 4.79 Å². The average Bonchev–Trinajstić information content (AvgIpc) is 2.64. The molecule has 1 saturated carbocycles. The van der Waals surface area contributed by atoms with Crippen molar-refractivity contribution in [1.29, 1.82) is 0 Å². The Hall–Kier alpha value is -0.340. The molecule has 0 N–H and O–H groups in total. The summed E-state index contributed by atoms with van der Waals surface area (Å²) < 4.78 is 0.778. The Morgan fingerprint density at radius 1 is 1.50 bits per heavy atom. The molecule has 1 heterocycles. The minimum atomic E-state index is 0.296. The number of thiophene rings is 1. The van der Waals surface area contributed by atoms with Gasteiger partial charge in [-0.3, -0.25) is 4.79 Å². The van der Waals surface area contributed by atoms with Gasteiger partial charge in [0.1, 0.15) is 5.78 Å². The average molecular weight is 257 g/mol. The highest BCUT2D eigenvalue weighted by Gasteiger charge is 2.24. The Morgan fingerprint density at radius 2 is 2.31 bits per heavy atom. The van der Waals surface area contributed by atoms with Gasteiger partial charge in [-0.05, 0) is 30.9 Å². The van der Waals surface area contributed by atoms with Gasteiger partial charge in [-0.1, -0.05) is 31.4 Å². The van der Waals surface area contributed by atoms with Crippen molar-refractivity contribution in [3.8, 4) is 0 Å². The van der Waals surface area contributed by atoms with E-state index < -0.39 is 0 Å². The first-order valence-electron chi connectivity index (χ1n) is 5.92. The molecule has 1 aliphatic carbocycles. The standard InChI is InChI=1S/C13H17ClOS/c1-9-3-2-4-10(7-9)12(15)8-11-5-6-13(14)16-11/h5-6,9-10H,2-4,7-8H2,1H3. The van der Waals surface area contributed by atoms with Crippen LogP contribution in [0.15, 0.2) is 12.1 Å². The van der Waals surface area contributed by atoms with Crippen LogP contribution in [0.1, 0.15) is 37.5 Å². The minimum absolute atomic E-state index is 0.296. The quantitative estimate of drug-likeness (QED) is 0.786. The van der Waals surface area contributed by atoms with Crippen LogP contribution in [0.25, 0.3) is 0 Å². The van der Waals surface area contributed by atoms with E-state index in [2.05, 4.69) is 6.92 Å². The molecule has 88 valence electrons. The molecule has 1 aromatic heterocycles. The highest BCUT2D eigenvalue weighted by atomic mass is 35.5. The molecule has 2 unspecified atom stereocenters. The third-order valence-electron chi connectivity index (χ3n) is 3.37. The lowest BCUT2D eigenvalue weighted by atomic mass is 9.79. The molecule has 0 bridgehead atoms. The van der Waals surface area contributed by atoms with Crippen LogP contribution in [0, 0.1) is 11.8 Å². The lowest BCUT2D eigenvalue weighted by Crippen LogP contribution is -2.22. The van der Waals surface area contributed by atoms with Gasteiger partial charge in [-0.15, -0.1) is 11.3 Å². The molecule has 1 aliphatic rings. The molecule has 1 nitrogen and oxygen atoms in total. The fourth-order valence-electron chi connectivity index (χ4n) is 2.49. The largest absolute Gasteiger partial charge is 0.299 e. The van der Waals surface area contributed by atoms with E-state index in [1.807, 2.05) is 12.1 Å². The third-order valence-corrected chi connectivity index (χ3v) is 4.60. The smallest absolute Gasteiger partial charge is 0.141 e. The maximum absolute atomic E-state index is 12.1. The summed E-state index contributed by atoms with van der Waals surface area (Å²) in [7, 11) is 0. The highest BCUT2D eigenvalue weighted by molar-refractivity contribution is 7.16. The molecule has 2 atom stereocenters. The van der Waals surface area contributed by atoms with Gasteiger partial charge in [0, 0.05) is 17.2 Å². The normalized spacial score (nSPS) is 25.6. The monoisotopic (exact) mass is 256 g/mol. The number of rotatable bonds is 3.